The maximum absolute atomic E-state index is 11.5. The first-order chi connectivity index (χ1) is 8.59. The Morgan fingerprint density at radius 2 is 2.22 bits per heavy atom. The molecule has 1 aromatic carbocycles. The lowest BCUT2D eigenvalue weighted by atomic mass is 10.1. The minimum absolute atomic E-state index is 0.0644. The van der Waals surface area contributed by atoms with Crippen molar-refractivity contribution in [2.45, 2.75) is 13.5 Å². The predicted octanol–water partition coefficient (Wildman–Crippen LogP) is 1.51. The van der Waals surface area contributed by atoms with Crippen LogP contribution in [-0.4, -0.2) is 14.5 Å². The molecule has 0 N–H and O–H groups in total. The molecule has 0 saturated heterocycles. The molecule has 0 spiro atoms. The number of nitro groups is 1. The highest BCUT2D eigenvalue weighted by molar-refractivity contribution is 5.44. The van der Waals surface area contributed by atoms with E-state index >= 15 is 0 Å². The van der Waals surface area contributed by atoms with Gasteiger partial charge in [-0.25, -0.2) is 0 Å². The van der Waals surface area contributed by atoms with Crippen molar-refractivity contribution in [1.29, 1.82) is 0 Å². The summed E-state index contributed by atoms with van der Waals surface area (Å²) >= 11 is 0. The monoisotopic (exact) mass is 245 g/mol. The van der Waals surface area contributed by atoms with Crippen molar-refractivity contribution in [3.8, 4) is 0 Å². The van der Waals surface area contributed by atoms with Gasteiger partial charge in [-0.3, -0.25) is 19.9 Å². The molecule has 0 aliphatic heterocycles. The topological polar surface area (TPSA) is 78.0 Å². The van der Waals surface area contributed by atoms with Gasteiger partial charge in [-0.05, 0) is 12.5 Å². The number of rotatable bonds is 3. The second-order valence-corrected chi connectivity index (χ2v) is 3.86. The van der Waals surface area contributed by atoms with Gasteiger partial charge in [0.05, 0.1) is 17.7 Å². The molecular formula is C12H11N3O3. The number of nitro benzene ring substituents is 1. The average Bonchev–Trinajstić information content (AvgIpc) is 2.34. The number of hydrogen-bond acceptors (Lipinski definition) is 4. The molecule has 0 saturated carbocycles. The summed E-state index contributed by atoms with van der Waals surface area (Å²) in [5.41, 5.74) is 1.15. The van der Waals surface area contributed by atoms with Crippen LogP contribution < -0.4 is 5.56 Å². The summed E-state index contributed by atoms with van der Waals surface area (Å²) in [4.78, 5) is 25.6. The fourth-order valence-electron chi connectivity index (χ4n) is 1.73. The Bertz CT molecular complexity index is 649. The molecule has 1 aromatic heterocycles. The highest BCUT2D eigenvalue weighted by atomic mass is 16.6. The Morgan fingerprint density at radius 1 is 1.44 bits per heavy atom. The molecule has 1 heterocycles. The van der Waals surface area contributed by atoms with Crippen LogP contribution in [0.3, 0.4) is 0 Å². The zero-order valence-electron chi connectivity index (χ0n) is 9.74. The molecule has 0 aliphatic rings. The second kappa shape index (κ2) is 4.79. The molecule has 0 aliphatic carbocycles. The molecule has 92 valence electrons. The molecule has 0 amide bonds. The molecule has 0 radical (unpaired) electrons. The van der Waals surface area contributed by atoms with Crippen molar-refractivity contribution < 1.29 is 4.92 Å². The number of aromatic nitrogens is 2. The Labute approximate surface area is 103 Å². The van der Waals surface area contributed by atoms with Crippen LogP contribution in [0.15, 0.2) is 41.6 Å². The van der Waals surface area contributed by atoms with E-state index in [2.05, 4.69) is 4.98 Å². The zero-order valence-corrected chi connectivity index (χ0v) is 9.74. The van der Waals surface area contributed by atoms with Crippen molar-refractivity contribution in [3.63, 3.8) is 0 Å². The zero-order chi connectivity index (χ0) is 13.1. The van der Waals surface area contributed by atoms with E-state index in [1.165, 1.54) is 23.0 Å². The minimum atomic E-state index is -0.422. The van der Waals surface area contributed by atoms with E-state index in [1.807, 2.05) is 0 Å². The standard InChI is InChI=1S/C12H11N3O3/c1-9-10(3-2-4-11(9)15(17)18)8-14-6-5-13-7-12(14)16/h2-7H,8H2,1H3. The first-order valence-electron chi connectivity index (χ1n) is 5.33. The SMILES string of the molecule is Cc1c(Cn2ccncc2=O)cccc1[N+](=O)[O-]. The average molecular weight is 245 g/mol. The number of nitrogens with zero attached hydrogens (tertiary/aromatic N) is 3. The van der Waals surface area contributed by atoms with E-state index in [4.69, 9.17) is 0 Å². The second-order valence-electron chi connectivity index (χ2n) is 3.86. The third-order valence-electron chi connectivity index (χ3n) is 2.76. The summed E-state index contributed by atoms with van der Waals surface area (Å²) in [6.45, 7) is 1.98. The fourth-order valence-corrected chi connectivity index (χ4v) is 1.73. The quantitative estimate of drug-likeness (QED) is 0.606. The van der Waals surface area contributed by atoms with Crippen molar-refractivity contribution in [1.82, 2.24) is 9.55 Å². The van der Waals surface area contributed by atoms with Crippen LogP contribution in [0, 0.1) is 17.0 Å². The molecule has 6 heteroatoms. The third-order valence-corrected chi connectivity index (χ3v) is 2.76. The lowest BCUT2D eigenvalue weighted by molar-refractivity contribution is -0.385. The van der Waals surface area contributed by atoms with Crippen LogP contribution in [0.2, 0.25) is 0 Å². The minimum Gasteiger partial charge on any atom is -0.308 e. The molecule has 2 rings (SSSR count). The van der Waals surface area contributed by atoms with E-state index in [9.17, 15) is 14.9 Å². The van der Waals surface area contributed by atoms with E-state index in [0.717, 1.165) is 5.56 Å². The molecule has 0 fully saturated rings. The van der Waals surface area contributed by atoms with Gasteiger partial charge in [-0.15, -0.1) is 0 Å². The van der Waals surface area contributed by atoms with Crippen LogP contribution in [-0.2, 0) is 6.54 Å². The first-order valence-corrected chi connectivity index (χ1v) is 5.33. The van der Waals surface area contributed by atoms with Crippen molar-refractivity contribution in [2.75, 3.05) is 0 Å². The van der Waals surface area contributed by atoms with Gasteiger partial charge < -0.3 is 4.57 Å². The highest BCUT2D eigenvalue weighted by Crippen LogP contribution is 2.21. The van der Waals surface area contributed by atoms with Crippen LogP contribution >= 0.6 is 0 Å². The molecular weight excluding hydrogens is 234 g/mol. The Hall–Kier alpha value is -2.50. The largest absolute Gasteiger partial charge is 0.308 e. The van der Waals surface area contributed by atoms with Gasteiger partial charge in [0.2, 0.25) is 0 Å². The lowest BCUT2D eigenvalue weighted by Gasteiger charge is -2.08. The highest BCUT2D eigenvalue weighted by Gasteiger charge is 2.13. The summed E-state index contributed by atoms with van der Waals surface area (Å²) in [6, 6.07) is 4.84. The molecule has 18 heavy (non-hydrogen) atoms. The molecule has 0 atom stereocenters. The van der Waals surface area contributed by atoms with Crippen LogP contribution in [0.4, 0.5) is 5.69 Å². The fraction of sp³-hybridized carbons (Fsp3) is 0.167. The molecule has 0 bridgehead atoms. The maximum Gasteiger partial charge on any atom is 0.272 e. The van der Waals surface area contributed by atoms with Gasteiger partial charge >= 0.3 is 0 Å². The Balaban J connectivity index is 2.42. The summed E-state index contributed by atoms with van der Waals surface area (Å²) in [7, 11) is 0. The lowest BCUT2D eigenvalue weighted by Crippen LogP contribution is -2.19. The van der Waals surface area contributed by atoms with Gasteiger partial charge in [-0.2, -0.15) is 0 Å². The van der Waals surface area contributed by atoms with Crippen molar-refractivity contribution >= 4 is 5.69 Å². The molecule has 0 unspecified atom stereocenters. The van der Waals surface area contributed by atoms with Gasteiger partial charge in [0.25, 0.3) is 11.2 Å². The predicted molar refractivity (Wildman–Crippen MR) is 65.4 cm³/mol. The van der Waals surface area contributed by atoms with E-state index in [0.29, 0.717) is 12.1 Å². The van der Waals surface area contributed by atoms with Crippen LogP contribution in [0.5, 0.6) is 0 Å². The smallest absolute Gasteiger partial charge is 0.272 e. The molecule has 6 nitrogen and oxygen atoms in total. The van der Waals surface area contributed by atoms with E-state index in [1.54, 1.807) is 25.3 Å². The summed E-state index contributed by atoms with van der Waals surface area (Å²) < 4.78 is 1.46. The van der Waals surface area contributed by atoms with E-state index < -0.39 is 4.92 Å². The summed E-state index contributed by atoms with van der Waals surface area (Å²) in [6.07, 6.45) is 4.28. The first kappa shape index (κ1) is 12.0. The van der Waals surface area contributed by atoms with Gasteiger partial charge in [-0.1, -0.05) is 12.1 Å². The van der Waals surface area contributed by atoms with Gasteiger partial charge in [0, 0.05) is 24.0 Å². The van der Waals surface area contributed by atoms with Gasteiger partial charge in [0.1, 0.15) is 0 Å². The normalized spacial score (nSPS) is 10.3. The summed E-state index contributed by atoms with van der Waals surface area (Å²) in [5, 5.41) is 10.8. The Kier molecular flexibility index (Phi) is 3.18. The van der Waals surface area contributed by atoms with E-state index in [-0.39, 0.29) is 11.2 Å². The Morgan fingerprint density at radius 3 is 2.89 bits per heavy atom. The number of benzene rings is 1. The van der Waals surface area contributed by atoms with Crippen LogP contribution in [0.1, 0.15) is 11.1 Å². The maximum atomic E-state index is 11.5. The van der Waals surface area contributed by atoms with Crippen molar-refractivity contribution in [3.05, 3.63) is 68.4 Å². The number of hydrogen-bond donors (Lipinski definition) is 0. The van der Waals surface area contributed by atoms with Gasteiger partial charge in [0.15, 0.2) is 0 Å². The van der Waals surface area contributed by atoms with Crippen LogP contribution in [0.25, 0.3) is 0 Å². The summed E-state index contributed by atoms with van der Waals surface area (Å²) in [5.74, 6) is 0. The third kappa shape index (κ3) is 2.27. The van der Waals surface area contributed by atoms with Crippen molar-refractivity contribution in [2.24, 2.45) is 0 Å². The molecule has 2 aromatic rings.